The monoisotopic (exact) mass is 450 g/mol. The predicted octanol–water partition coefficient (Wildman–Crippen LogP) is 5.14. The average molecular weight is 451 g/mol. The number of piperazine rings is 1. The van der Waals surface area contributed by atoms with E-state index in [0.29, 0.717) is 42.6 Å². The van der Waals surface area contributed by atoms with Crippen LogP contribution in [-0.4, -0.2) is 37.0 Å². The molecular formula is C24H23ClN4O3. The molecule has 7 nitrogen and oxygen atoms in total. The summed E-state index contributed by atoms with van der Waals surface area (Å²) in [7, 11) is 0. The van der Waals surface area contributed by atoms with Gasteiger partial charge in [-0.3, -0.25) is 14.9 Å². The Morgan fingerprint density at radius 1 is 0.938 bits per heavy atom. The fourth-order valence-corrected chi connectivity index (χ4v) is 4.16. The molecule has 0 aliphatic carbocycles. The number of nitro groups is 1. The highest BCUT2D eigenvalue weighted by molar-refractivity contribution is 6.33. The van der Waals surface area contributed by atoms with Gasteiger partial charge < -0.3 is 15.1 Å². The Morgan fingerprint density at radius 3 is 2.28 bits per heavy atom. The van der Waals surface area contributed by atoms with E-state index in [4.69, 9.17) is 11.6 Å². The zero-order chi connectivity index (χ0) is 22.7. The van der Waals surface area contributed by atoms with Gasteiger partial charge in [0.05, 0.1) is 15.6 Å². The number of benzene rings is 3. The summed E-state index contributed by atoms with van der Waals surface area (Å²) in [5.41, 5.74) is 3.31. The summed E-state index contributed by atoms with van der Waals surface area (Å²) in [6, 6.07) is 19.7. The van der Waals surface area contributed by atoms with Crippen LogP contribution in [-0.2, 0) is 0 Å². The quantitative estimate of drug-likeness (QED) is 0.430. The maximum Gasteiger partial charge on any atom is 0.293 e. The Labute approximate surface area is 191 Å². The van der Waals surface area contributed by atoms with Crippen LogP contribution >= 0.6 is 11.6 Å². The van der Waals surface area contributed by atoms with Gasteiger partial charge in [0.15, 0.2) is 0 Å². The number of para-hydroxylation sites is 1. The van der Waals surface area contributed by atoms with Crippen molar-refractivity contribution < 1.29 is 9.72 Å². The van der Waals surface area contributed by atoms with Gasteiger partial charge in [-0.2, -0.15) is 0 Å². The maximum absolute atomic E-state index is 12.7. The molecular weight excluding hydrogens is 428 g/mol. The first kappa shape index (κ1) is 21.6. The number of rotatable bonds is 5. The topological polar surface area (TPSA) is 78.7 Å². The van der Waals surface area contributed by atoms with E-state index in [9.17, 15) is 14.9 Å². The van der Waals surface area contributed by atoms with Crippen LogP contribution < -0.4 is 15.1 Å². The van der Waals surface area contributed by atoms with E-state index in [0.717, 1.165) is 11.3 Å². The number of nitrogens with zero attached hydrogens (tertiary/aromatic N) is 3. The molecule has 1 N–H and O–H groups in total. The minimum atomic E-state index is -0.431. The molecule has 1 heterocycles. The SMILES string of the molecule is Cc1cccc(NC(=O)c2ccc(N3CCN(c4ccccc4Cl)CC3)c([N+](=O)[O-])c2)c1. The number of aryl methyl sites for hydroxylation is 1. The minimum Gasteiger partial charge on any atom is -0.367 e. The zero-order valence-corrected chi connectivity index (χ0v) is 18.4. The van der Waals surface area contributed by atoms with Crippen LogP contribution in [0.4, 0.5) is 22.7 Å². The van der Waals surface area contributed by atoms with Crippen LogP contribution in [0.15, 0.2) is 66.7 Å². The lowest BCUT2D eigenvalue weighted by Crippen LogP contribution is -2.46. The van der Waals surface area contributed by atoms with Crippen molar-refractivity contribution in [2.45, 2.75) is 6.92 Å². The molecule has 0 atom stereocenters. The molecule has 1 aliphatic rings. The molecule has 1 fully saturated rings. The van der Waals surface area contributed by atoms with Crippen LogP contribution in [0.25, 0.3) is 0 Å². The van der Waals surface area contributed by atoms with Gasteiger partial charge >= 0.3 is 0 Å². The van der Waals surface area contributed by atoms with Gasteiger partial charge in [0.25, 0.3) is 11.6 Å². The lowest BCUT2D eigenvalue weighted by molar-refractivity contribution is -0.384. The summed E-state index contributed by atoms with van der Waals surface area (Å²) >= 11 is 6.31. The van der Waals surface area contributed by atoms with Gasteiger partial charge in [-0.15, -0.1) is 0 Å². The van der Waals surface area contributed by atoms with Crippen LogP contribution in [0.1, 0.15) is 15.9 Å². The van der Waals surface area contributed by atoms with Crippen LogP contribution in [0.5, 0.6) is 0 Å². The molecule has 3 aromatic rings. The number of nitro benzene ring substituents is 1. The molecule has 3 aromatic carbocycles. The smallest absolute Gasteiger partial charge is 0.293 e. The minimum absolute atomic E-state index is 0.0758. The third-order valence-corrected chi connectivity index (χ3v) is 5.84. The molecule has 0 bridgehead atoms. The highest BCUT2D eigenvalue weighted by Gasteiger charge is 2.26. The third-order valence-electron chi connectivity index (χ3n) is 5.52. The van der Waals surface area contributed by atoms with Crippen LogP contribution in [0.3, 0.4) is 0 Å². The predicted molar refractivity (Wildman–Crippen MR) is 128 cm³/mol. The van der Waals surface area contributed by atoms with Crippen molar-refractivity contribution in [2.24, 2.45) is 0 Å². The fourth-order valence-electron chi connectivity index (χ4n) is 3.90. The molecule has 1 amide bonds. The van der Waals surface area contributed by atoms with Crippen LogP contribution in [0, 0.1) is 17.0 Å². The molecule has 8 heteroatoms. The second kappa shape index (κ2) is 9.28. The first-order valence-corrected chi connectivity index (χ1v) is 10.7. The van der Waals surface area contributed by atoms with E-state index in [1.807, 2.05) is 54.3 Å². The van der Waals surface area contributed by atoms with Crippen LogP contribution in [0.2, 0.25) is 5.02 Å². The average Bonchev–Trinajstić information content (AvgIpc) is 2.79. The van der Waals surface area contributed by atoms with Crippen molar-refractivity contribution in [2.75, 3.05) is 41.3 Å². The van der Waals surface area contributed by atoms with E-state index >= 15 is 0 Å². The first-order chi connectivity index (χ1) is 15.4. The Kier molecular flexibility index (Phi) is 6.28. The summed E-state index contributed by atoms with van der Waals surface area (Å²) < 4.78 is 0. The molecule has 0 aromatic heterocycles. The number of amides is 1. The van der Waals surface area contributed by atoms with E-state index in [1.165, 1.54) is 6.07 Å². The summed E-state index contributed by atoms with van der Waals surface area (Å²) in [4.78, 5) is 28.2. The summed E-state index contributed by atoms with van der Waals surface area (Å²) in [6.07, 6.45) is 0. The number of hydrogen-bond acceptors (Lipinski definition) is 5. The summed E-state index contributed by atoms with van der Waals surface area (Å²) in [6.45, 7) is 4.54. The summed E-state index contributed by atoms with van der Waals surface area (Å²) in [5, 5.41) is 15.3. The van der Waals surface area contributed by atoms with Crippen molar-refractivity contribution in [3.8, 4) is 0 Å². The van der Waals surface area contributed by atoms with Gasteiger partial charge in [-0.25, -0.2) is 0 Å². The van der Waals surface area contributed by atoms with Crippen molar-refractivity contribution in [3.63, 3.8) is 0 Å². The second-order valence-electron chi connectivity index (χ2n) is 7.71. The van der Waals surface area contributed by atoms with Crippen molar-refractivity contribution >= 4 is 40.3 Å². The number of carbonyl (C=O) groups is 1. The Bertz CT molecular complexity index is 1160. The standard InChI is InChI=1S/C24H23ClN4O3/c1-17-5-4-6-19(15-17)26-24(30)18-9-10-22(23(16-18)29(31)32)28-13-11-27(12-14-28)21-8-3-2-7-20(21)25/h2-10,15-16H,11-14H2,1H3,(H,26,30). The summed E-state index contributed by atoms with van der Waals surface area (Å²) in [5.74, 6) is -0.381. The molecule has 0 radical (unpaired) electrons. The lowest BCUT2D eigenvalue weighted by Gasteiger charge is -2.37. The van der Waals surface area contributed by atoms with E-state index in [1.54, 1.807) is 18.2 Å². The molecule has 0 unspecified atom stereocenters. The molecule has 32 heavy (non-hydrogen) atoms. The molecule has 0 saturated carbocycles. The number of hydrogen-bond donors (Lipinski definition) is 1. The second-order valence-corrected chi connectivity index (χ2v) is 8.12. The molecule has 1 saturated heterocycles. The molecule has 164 valence electrons. The van der Waals surface area contributed by atoms with Gasteiger partial charge in [0.2, 0.25) is 0 Å². The number of anilines is 3. The highest BCUT2D eigenvalue weighted by atomic mass is 35.5. The number of halogens is 1. The largest absolute Gasteiger partial charge is 0.367 e. The molecule has 4 rings (SSSR count). The molecule has 0 spiro atoms. The molecule has 1 aliphatic heterocycles. The third kappa shape index (κ3) is 4.68. The Balaban J connectivity index is 1.51. The van der Waals surface area contributed by atoms with Crippen molar-refractivity contribution in [1.82, 2.24) is 0 Å². The lowest BCUT2D eigenvalue weighted by atomic mass is 10.1. The van der Waals surface area contributed by atoms with Gasteiger partial charge in [0, 0.05) is 43.5 Å². The van der Waals surface area contributed by atoms with E-state index in [-0.39, 0.29) is 17.2 Å². The Morgan fingerprint density at radius 2 is 1.62 bits per heavy atom. The van der Waals surface area contributed by atoms with E-state index in [2.05, 4.69) is 10.2 Å². The van der Waals surface area contributed by atoms with E-state index < -0.39 is 4.92 Å². The van der Waals surface area contributed by atoms with Crippen molar-refractivity contribution in [3.05, 3.63) is 93.0 Å². The van der Waals surface area contributed by atoms with Gasteiger partial charge in [0.1, 0.15) is 5.69 Å². The van der Waals surface area contributed by atoms with Crippen molar-refractivity contribution in [1.29, 1.82) is 0 Å². The van der Waals surface area contributed by atoms with Gasteiger partial charge in [-0.1, -0.05) is 35.9 Å². The Hall–Kier alpha value is -3.58. The normalized spacial score (nSPS) is 13.7. The zero-order valence-electron chi connectivity index (χ0n) is 17.6. The highest BCUT2D eigenvalue weighted by Crippen LogP contribution is 2.32. The number of carbonyl (C=O) groups excluding carboxylic acids is 1. The van der Waals surface area contributed by atoms with Gasteiger partial charge in [-0.05, 0) is 48.9 Å². The maximum atomic E-state index is 12.7. The number of nitrogens with one attached hydrogen (secondary N) is 1. The first-order valence-electron chi connectivity index (χ1n) is 10.3. The fraction of sp³-hybridized carbons (Fsp3) is 0.208.